The summed E-state index contributed by atoms with van der Waals surface area (Å²) in [4.78, 5) is 5.67. The van der Waals surface area contributed by atoms with Crippen molar-refractivity contribution in [3.8, 4) is 10.4 Å². The Hall–Kier alpha value is -2.19. The normalized spacial score (nSPS) is 12.8. The van der Waals surface area contributed by atoms with Crippen LogP contribution in [-0.2, 0) is 0 Å². The molecule has 4 rings (SSSR count). The number of nitrogens with zero attached hydrogens (tertiary/aromatic N) is 1. The Morgan fingerprint density at radius 3 is 2.68 bits per heavy atom. The van der Waals surface area contributed by atoms with Crippen LogP contribution in [0.3, 0.4) is 0 Å². The third-order valence-electron chi connectivity index (χ3n) is 3.36. The van der Waals surface area contributed by atoms with Gasteiger partial charge >= 0.3 is 0 Å². The van der Waals surface area contributed by atoms with Crippen LogP contribution in [0.2, 0.25) is 0 Å². The van der Waals surface area contributed by atoms with Gasteiger partial charge in [0.1, 0.15) is 0 Å². The Labute approximate surface area is 115 Å². The molecule has 1 nitrogen and oxygen atoms in total. The molecule has 0 atom stereocenters. The van der Waals surface area contributed by atoms with Gasteiger partial charge < -0.3 is 0 Å². The second-order valence-corrected chi connectivity index (χ2v) is 5.58. The molecular weight excluding hydrogens is 250 g/mol. The molecule has 2 heterocycles. The average molecular weight is 261 g/mol. The van der Waals surface area contributed by atoms with Crippen molar-refractivity contribution < 1.29 is 0 Å². The van der Waals surface area contributed by atoms with Gasteiger partial charge in [0.2, 0.25) is 0 Å². The summed E-state index contributed by atoms with van der Waals surface area (Å²) in [5.74, 6) is 0. The average Bonchev–Trinajstić information content (AvgIpc) is 2.69. The summed E-state index contributed by atoms with van der Waals surface area (Å²) in [6.45, 7) is 0. The van der Waals surface area contributed by atoms with Gasteiger partial charge in [-0.25, -0.2) is 0 Å². The van der Waals surface area contributed by atoms with E-state index in [4.69, 9.17) is 0 Å². The minimum absolute atomic E-state index is 1.24. The zero-order valence-corrected chi connectivity index (χ0v) is 11.0. The summed E-state index contributed by atoms with van der Waals surface area (Å²) in [5.41, 5.74) is 3.76. The number of benzene rings is 2. The number of rotatable bonds is 1. The highest BCUT2D eigenvalue weighted by Gasteiger charge is 2.15. The first-order valence-electron chi connectivity index (χ1n) is 6.24. The summed E-state index contributed by atoms with van der Waals surface area (Å²) in [6, 6.07) is 17.0. The summed E-state index contributed by atoms with van der Waals surface area (Å²) >= 11 is 1.84. The first-order chi connectivity index (χ1) is 9.43. The molecule has 19 heavy (non-hydrogen) atoms. The van der Waals surface area contributed by atoms with E-state index in [0.29, 0.717) is 0 Å². The Kier molecular flexibility index (Phi) is 2.35. The van der Waals surface area contributed by atoms with Gasteiger partial charge in [0.25, 0.3) is 0 Å². The predicted octanol–water partition coefficient (Wildman–Crippen LogP) is 4.97. The van der Waals surface area contributed by atoms with E-state index in [2.05, 4.69) is 59.6 Å². The molecule has 3 aromatic rings. The molecule has 0 saturated heterocycles. The lowest BCUT2D eigenvalue weighted by Gasteiger charge is -2.00. The predicted molar refractivity (Wildman–Crippen MR) is 83.9 cm³/mol. The molecule has 1 aliphatic heterocycles. The van der Waals surface area contributed by atoms with E-state index in [1.165, 1.54) is 31.7 Å². The molecule has 0 N–H and O–H groups in total. The lowest BCUT2D eigenvalue weighted by Crippen LogP contribution is -1.83. The SMILES string of the molecule is C1=Cc2cccc3sc(-c4ccccc4)c(c23)C=N1. The van der Waals surface area contributed by atoms with Crippen LogP contribution in [0.4, 0.5) is 0 Å². The van der Waals surface area contributed by atoms with Crippen LogP contribution >= 0.6 is 11.3 Å². The van der Waals surface area contributed by atoms with Gasteiger partial charge in [-0.05, 0) is 23.3 Å². The maximum Gasteiger partial charge on any atom is 0.0443 e. The van der Waals surface area contributed by atoms with Crippen LogP contribution in [-0.4, -0.2) is 6.21 Å². The second-order valence-electron chi connectivity index (χ2n) is 4.53. The highest BCUT2D eigenvalue weighted by atomic mass is 32.1. The van der Waals surface area contributed by atoms with Crippen LogP contribution < -0.4 is 0 Å². The highest BCUT2D eigenvalue weighted by molar-refractivity contribution is 7.22. The summed E-state index contributed by atoms with van der Waals surface area (Å²) in [7, 11) is 0. The molecule has 2 heteroatoms. The lowest BCUT2D eigenvalue weighted by molar-refractivity contribution is 1.62. The minimum Gasteiger partial charge on any atom is -0.264 e. The van der Waals surface area contributed by atoms with Crippen LogP contribution in [0.25, 0.3) is 26.6 Å². The molecule has 90 valence electrons. The Morgan fingerprint density at radius 1 is 0.895 bits per heavy atom. The van der Waals surface area contributed by atoms with E-state index in [-0.39, 0.29) is 0 Å². The van der Waals surface area contributed by atoms with E-state index >= 15 is 0 Å². The Bertz CT molecular complexity index is 810. The van der Waals surface area contributed by atoms with Crippen LogP contribution in [0, 0.1) is 0 Å². The summed E-state index contributed by atoms with van der Waals surface area (Å²) in [5, 5.41) is 1.32. The van der Waals surface area contributed by atoms with Gasteiger partial charge in [0.05, 0.1) is 0 Å². The van der Waals surface area contributed by atoms with Gasteiger partial charge in [0, 0.05) is 32.9 Å². The van der Waals surface area contributed by atoms with E-state index in [0.717, 1.165) is 0 Å². The molecule has 1 aliphatic rings. The van der Waals surface area contributed by atoms with Crippen molar-refractivity contribution in [1.29, 1.82) is 0 Å². The monoisotopic (exact) mass is 261 g/mol. The van der Waals surface area contributed by atoms with Crippen molar-refractivity contribution in [2.75, 3.05) is 0 Å². The van der Waals surface area contributed by atoms with Crippen molar-refractivity contribution in [3.63, 3.8) is 0 Å². The maximum absolute atomic E-state index is 4.37. The molecule has 0 unspecified atom stereocenters. The van der Waals surface area contributed by atoms with Gasteiger partial charge in [-0.1, -0.05) is 42.5 Å². The van der Waals surface area contributed by atoms with Gasteiger partial charge in [-0.3, -0.25) is 4.99 Å². The molecule has 0 spiro atoms. The van der Waals surface area contributed by atoms with Gasteiger partial charge in [0.15, 0.2) is 0 Å². The number of thiophene rings is 1. The van der Waals surface area contributed by atoms with E-state index in [1.807, 2.05) is 23.8 Å². The molecule has 0 amide bonds. The van der Waals surface area contributed by atoms with E-state index < -0.39 is 0 Å². The van der Waals surface area contributed by atoms with Crippen molar-refractivity contribution in [3.05, 3.63) is 65.9 Å². The molecule has 0 fully saturated rings. The van der Waals surface area contributed by atoms with Gasteiger partial charge in [-0.2, -0.15) is 0 Å². The minimum atomic E-state index is 1.24. The van der Waals surface area contributed by atoms with Crippen LogP contribution in [0.5, 0.6) is 0 Å². The van der Waals surface area contributed by atoms with E-state index in [9.17, 15) is 0 Å². The second kappa shape index (κ2) is 4.18. The Balaban J connectivity index is 2.11. The third kappa shape index (κ3) is 1.65. The fraction of sp³-hybridized carbons (Fsp3) is 0. The molecule has 1 aromatic heterocycles. The van der Waals surface area contributed by atoms with Crippen LogP contribution in [0.1, 0.15) is 11.1 Å². The van der Waals surface area contributed by atoms with Crippen molar-refractivity contribution in [1.82, 2.24) is 0 Å². The van der Waals surface area contributed by atoms with Crippen molar-refractivity contribution in [2.45, 2.75) is 0 Å². The summed E-state index contributed by atoms with van der Waals surface area (Å²) < 4.78 is 1.32. The smallest absolute Gasteiger partial charge is 0.0443 e. The highest BCUT2D eigenvalue weighted by Crippen LogP contribution is 2.40. The third-order valence-corrected chi connectivity index (χ3v) is 4.58. The number of hydrogen-bond donors (Lipinski definition) is 0. The van der Waals surface area contributed by atoms with E-state index in [1.54, 1.807) is 0 Å². The number of hydrogen-bond acceptors (Lipinski definition) is 2. The zero-order chi connectivity index (χ0) is 12.7. The quantitative estimate of drug-likeness (QED) is 0.586. The molecule has 2 aromatic carbocycles. The molecule has 0 aliphatic carbocycles. The maximum atomic E-state index is 4.37. The first-order valence-corrected chi connectivity index (χ1v) is 7.06. The summed E-state index contributed by atoms with van der Waals surface area (Å²) in [6.07, 6.45) is 5.93. The number of aliphatic imine (C=N–C) groups is 1. The van der Waals surface area contributed by atoms with Crippen LogP contribution in [0.15, 0.2) is 59.7 Å². The molecular formula is C17H11NS. The largest absolute Gasteiger partial charge is 0.264 e. The topological polar surface area (TPSA) is 12.4 Å². The molecule has 0 radical (unpaired) electrons. The Morgan fingerprint density at radius 2 is 1.79 bits per heavy atom. The standard InChI is InChI=1S/C17H11NS/c1-2-5-13(6-3-1)17-14-11-18-10-9-12-7-4-8-15(19-17)16(12)14/h1-11H. The van der Waals surface area contributed by atoms with Crippen molar-refractivity contribution >= 4 is 33.7 Å². The first kappa shape index (κ1) is 10.7. The lowest BCUT2D eigenvalue weighted by atomic mass is 10.0. The molecule has 0 bridgehead atoms. The zero-order valence-electron chi connectivity index (χ0n) is 10.2. The molecule has 0 saturated carbocycles. The fourth-order valence-corrected chi connectivity index (χ4v) is 3.72. The fourth-order valence-electron chi connectivity index (χ4n) is 2.51. The van der Waals surface area contributed by atoms with Gasteiger partial charge in [-0.15, -0.1) is 11.3 Å². The van der Waals surface area contributed by atoms with Crippen molar-refractivity contribution in [2.24, 2.45) is 4.99 Å².